The number of carbonyl (C=O) groups excluding carboxylic acids is 1. The Hall–Kier alpha value is -3.23. The normalized spacial score (nSPS) is 11.5. The summed E-state index contributed by atoms with van der Waals surface area (Å²) in [6.07, 6.45) is 3.48. The minimum absolute atomic E-state index is 0.00526. The Morgan fingerprint density at radius 1 is 1.00 bits per heavy atom. The maximum atomic E-state index is 13.2. The number of benzene rings is 2. The van der Waals surface area contributed by atoms with Gasteiger partial charge in [-0.25, -0.2) is 13.4 Å². The van der Waals surface area contributed by atoms with Crippen LogP contribution in [-0.2, 0) is 39.9 Å². The lowest BCUT2D eigenvalue weighted by molar-refractivity contribution is -0.131. The van der Waals surface area contributed by atoms with Gasteiger partial charge in [-0.3, -0.25) is 4.79 Å². The van der Waals surface area contributed by atoms with Crippen molar-refractivity contribution < 1.29 is 13.2 Å². The van der Waals surface area contributed by atoms with Crippen LogP contribution >= 0.6 is 0 Å². The van der Waals surface area contributed by atoms with Gasteiger partial charge in [-0.1, -0.05) is 66.7 Å². The quantitative estimate of drug-likeness (QED) is 0.372. The van der Waals surface area contributed by atoms with Crippen LogP contribution in [0.3, 0.4) is 0 Å². The number of hydrogen-bond acceptors (Lipinski definition) is 5. The van der Waals surface area contributed by atoms with Gasteiger partial charge in [-0.05, 0) is 25.2 Å². The van der Waals surface area contributed by atoms with Crippen LogP contribution in [0.1, 0.15) is 16.8 Å². The number of amides is 1. The summed E-state index contributed by atoms with van der Waals surface area (Å²) < 4.78 is 28.0. The third-order valence-corrected chi connectivity index (χ3v) is 7.01. The summed E-state index contributed by atoms with van der Waals surface area (Å²) >= 11 is 0. The van der Waals surface area contributed by atoms with Gasteiger partial charge in [0.1, 0.15) is 0 Å². The summed E-state index contributed by atoms with van der Waals surface area (Å²) in [7, 11) is 0.226. The number of aromatic nitrogens is 2. The van der Waals surface area contributed by atoms with Crippen molar-refractivity contribution in [3.8, 4) is 0 Å². The lowest BCUT2D eigenvalue weighted by Gasteiger charge is -2.25. The van der Waals surface area contributed by atoms with Crippen LogP contribution in [0.25, 0.3) is 0 Å². The zero-order valence-electron chi connectivity index (χ0n) is 19.8. The number of imidazole rings is 1. The molecule has 0 aliphatic heterocycles. The zero-order chi connectivity index (χ0) is 24.6. The van der Waals surface area contributed by atoms with Crippen molar-refractivity contribution in [3.63, 3.8) is 0 Å². The van der Waals surface area contributed by atoms with Crippen molar-refractivity contribution in [2.24, 2.45) is 0 Å². The second kappa shape index (κ2) is 11.8. The molecule has 0 atom stereocenters. The number of nitrogens with zero attached hydrogens (tertiary/aromatic N) is 4. The van der Waals surface area contributed by atoms with E-state index < -0.39 is 9.84 Å². The monoisotopic (exact) mass is 480 g/mol. The molecular formula is C26H32N4O3S. The minimum atomic E-state index is -3.68. The number of rotatable bonds is 12. The average molecular weight is 481 g/mol. The smallest absolute Gasteiger partial charge is 0.228 e. The maximum absolute atomic E-state index is 13.2. The number of carbonyl (C=O) groups is 1. The second-order valence-electron chi connectivity index (χ2n) is 8.46. The third-order valence-electron chi connectivity index (χ3n) is 5.41. The molecule has 0 N–H and O–H groups in total. The highest BCUT2D eigenvalue weighted by Crippen LogP contribution is 2.19. The van der Waals surface area contributed by atoms with Crippen LogP contribution in [-0.4, -0.2) is 60.9 Å². The summed E-state index contributed by atoms with van der Waals surface area (Å²) in [6.45, 7) is 5.54. The maximum Gasteiger partial charge on any atom is 0.228 e. The van der Waals surface area contributed by atoms with Gasteiger partial charge in [-0.2, -0.15) is 0 Å². The van der Waals surface area contributed by atoms with E-state index in [1.54, 1.807) is 33.9 Å². The minimum Gasteiger partial charge on any atom is -0.335 e. The molecule has 0 aliphatic rings. The van der Waals surface area contributed by atoms with Crippen molar-refractivity contribution in [1.29, 1.82) is 0 Å². The van der Waals surface area contributed by atoms with E-state index >= 15 is 0 Å². The fourth-order valence-corrected chi connectivity index (χ4v) is 5.14. The zero-order valence-corrected chi connectivity index (χ0v) is 20.6. The number of hydrogen-bond donors (Lipinski definition) is 0. The summed E-state index contributed by atoms with van der Waals surface area (Å²) in [5, 5.41) is -0.00526. The highest BCUT2D eigenvalue weighted by atomic mass is 32.2. The van der Waals surface area contributed by atoms with E-state index in [0.717, 1.165) is 5.56 Å². The first-order valence-electron chi connectivity index (χ1n) is 11.2. The first kappa shape index (κ1) is 25.4. The van der Waals surface area contributed by atoms with Gasteiger partial charge in [0.2, 0.25) is 20.9 Å². The molecule has 1 aromatic heterocycles. The summed E-state index contributed by atoms with van der Waals surface area (Å²) in [5.41, 5.74) is 2.29. The van der Waals surface area contributed by atoms with Crippen LogP contribution < -0.4 is 0 Å². The molecule has 0 fully saturated rings. The molecule has 0 spiro atoms. The van der Waals surface area contributed by atoms with Crippen LogP contribution in [0.2, 0.25) is 0 Å². The first-order chi connectivity index (χ1) is 16.3. The predicted molar refractivity (Wildman–Crippen MR) is 134 cm³/mol. The largest absolute Gasteiger partial charge is 0.335 e. The van der Waals surface area contributed by atoms with Gasteiger partial charge < -0.3 is 14.4 Å². The molecule has 180 valence electrons. The highest BCUT2D eigenvalue weighted by molar-refractivity contribution is 7.90. The molecule has 0 aliphatic carbocycles. The molecule has 2 aromatic carbocycles. The predicted octanol–water partition coefficient (Wildman–Crippen LogP) is 3.18. The molecule has 0 saturated heterocycles. The molecule has 0 radical (unpaired) electrons. The Labute approximate surface area is 202 Å². The Kier molecular flexibility index (Phi) is 8.79. The van der Waals surface area contributed by atoms with E-state index in [0.29, 0.717) is 24.3 Å². The van der Waals surface area contributed by atoms with E-state index in [1.165, 1.54) is 0 Å². The third kappa shape index (κ3) is 6.88. The van der Waals surface area contributed by atoms with Gasteiger partial charge in [-0.15, -0.1) is 6.58 Å². The molecule has 0 saturated carbocycles. The van der Waals surface area contributed by atoms with Crippen LogP contribution in [0.4, 0.5) is 0 Å². The fourth-order valence-electron chi connectivity index (χ4n) is 3.64. The van der Waals surface area contributed by atoms with E-state index in [1.807, 2.05) is 67.5 Å². The van der Waals surface area contributed by atoms with Crippen molar-refractivity contribution in [3.05, 3.63) is 96.3 Å². The molecule has 1 heterocycles. The van der Waals surface area contributed by atoms with E-state index in [4.69, 9.17) is 0 Å². The summed E-state index contributed by atoms with van der Waals surface area (Å²) in [4.78, 5) is 21.2. The van der Waals surface area contributed by atoms with Gasteiger partial charge in [0.25, 0.3) is 0 Å². The van der Waals surface area contributed by atoms with Crippen LogP contribution in [0, 0.1) is 0 Å². The average Bonchev–Trinajstić information content (AvgIpc) is 3.21. The molecular weight excluding hydrogens is 448 g/mol. The van der Waals surface area contributed by atoms with Gasteiger partial charge in [0.05, 0.1) is 30.6 Å². The fraction of sp³-hybridized carbons (Fsp3) is 0.308. The topological polar surface area (TPSA) is 75.5 Å². The molecule has 3 aromatic rings. The molecule has 0 bridgehead atoms. The molecule has 3 rings (SSSR count). The SMILES string of the molecule is C=CCn1c(CN(CCN(C)C)C(=O)Cc2ccccc2)cnc1S(=O)(=O)Cc1ccccc1. The first-order valence-corrected chi connectivity index (χ1v) is 12.8. The number of sulfone groups is 1. The van der Waals surface area contributed by atoms with Gasteiger partial charge in [0, 0.05) is 19.6 Å². The van der Waals surface area contributed by atoms with Crippen molar-refractivity contribution in [1.82, 2.24) is 19.4 Å². The summed E-state index contributed by atoms with van der Waals surface area (Å²) in [5.74, 6) is -0.160. The standard InChI is InChI=1S/C26H32N4O3S/c1-4-15-30-24(19-27-26(30)34(32,33)21-23-13-9-6-10-14-23)20-29(17-16-28(2)3)25(31)18-22-11-7-5-8-12-22/h4-14,19H,1,15-18,20-21H2,2-3H3. The summed E-state index contributed by atoms with van der Waals surface area (Å²) in [6, 6.07) is 18.6. The van der Waals surface area contributed by atoms with E-state index in [2.05, 4.69) is 11.6 Å². The Morgan fingerprint density at radius 2 is 1.62 bits per heavy atom. The van der Waals surface area contributed by atoms with E-state index in [9.17, 15) is 13.2 Å². The Morgan fingerprint density at radius 3 is 2.21 bits per heavy atom. The number of likely N-dealkylation sites (N-methyl/N-ethyl adjacent to an activating group) is 1. The molecule has 8 heteroatoms. The highest BCUT2D eigenvalue weighted by Gasteiger charge is 2.25. The van der Waals surface area contributed by atoms with Crippen molar-refractivity contribution in [2.75, 3.05) is 27.2 Å². The molecule has 1 amide bonds. The molecule has 34 heavy (non-hydrogen) atoms. The van der Waals surface area contributed by atoms with Crippen molar-refractivity contribution >= 4 is 15.7 Å². The molecule has 7 nitrogen and oxygen atoms in total. The molecule has 0 unspecified atom stereocenters. The van der Waals surface area contributed by atoms with Gasteiger partial charge in [0.15, 0.2) is 0 Å². The lowest BCUT2D eigenvalue weighted by Crippen LogP contribution is -2.37. The van der Waals surface area contributed by atoms with Crippen molar-refractivity contribution in [2.45, 2.75) is 30.4 Å². The van der Waals surface area contributed by atoms with Gasteiger partial charge >= 0.3 is 0 Å². The Bertz CT molecular complexity index is 1190. The Balaban J connectivity index is 1.87. The second-order valence-corrected chi connectivity index (χ2v) is 10.3. The van der Waals surface area contributed by atoms with Crippen LogP contribution in [0.15, 0.2) is 84.7 Å². The lowest BCUT2D eigenvalue weighted by atomic mass is 10.1. The number of allylic oxidation sites excluding steroid dienone is 1. The van der Waals surface area contributed by atoms with Crippen LogP contribution in [0.5, 0.6) is 0 Å². The van der Waals surface area contributed by atoms with E-state index in [-0.39, 0.29) is 36.3 Å².